The summed E-state index contributed by atoms with van der Waals surface area (Å²) in [4.78, 5) is 2.69. The van der Waals surface area contributed by atoms with Gasteiger partial charge in [-0.3, -0.25) is 4.90 Å². The van der Waals surface area contributed by atoms with Gasteiger partial charge in [-0.15, -0.1) is 0 Å². The first-order valence-electron chi connectivity index (χ1n) is 15.1. The molecular formula is C33H52N2O6. The Morgan fingerprint density at radius 3 is 2.27 bits per heavy atom. The van der Waals surface area contributed by atoms with Crippen LogP contribution in [-0.2, 0) is 22.3 Å². The SMILES string of the molecule is COCCc1ccc(OCC(O)CN)cc1.COc1ccc(CCOC2CCCCC2N2CC[C@@H](C)C2)cc1OC. The van der Waals surface area contributed by atoms with E-state index in [1.54, 1.807) is 21.3 Å². The number of aliphatic hydroxyl groups is 1. The van der Waals surface area contributed by atoms with E-state index in [-0.39, 0.29) is 13.2 Å². The molecule has 1 aliphatic carbocycles. The molecule has 1 saturated carbocycles. The van der Waals surface area contributed by atoms with Gasteiger partial charge < -0.3 is 34.5 Å². The van der Waals surface area contributed by atoms with E-state index in [0.717, 1.165) is 42.6 Å². The Balaban J connectivity index is 0.000000250. The van der Waals surface area contributed by atoms with E-state index >= 15 is 0 Å². The molecule has 230 valence electrons. The van der Waals surface area contributed by atoms with E-state index in [2.05, 4.69) is 24.0 Å². The van der Waals surface area contributed by atoms with Gasteiger partial charge in [-0.25, -0.2) is 0 Å². The summed E-state index contributed by atoms with van der Waals surface area (Å²) in [6.45, 7) is 6.81. The summed E-state index contributed by atoms with van der Waals surface area (Å²) >= 11 is 0. The summed E-state index contributed by atoms with van der Waals surface area (Å²) in [5.41, 5.74) is 7.71. The number of likely N-dealkylation sites (tertiary alicyclic amines) is 1. The predicted molar refractivity (Wildman–Crippen MR) is 163 cm³/mol. The molecule has 2 fully saturated rings. The summed E-state index contributed by atoms with van der Waals surface area (Å²) in [6, 6.07) is 14.5. The average Bonchev–Trinajstić information content (AvgIpc) is 3.45. The first-order valence-corrected chi connectivity index (χ1v) is 15.1. The van der Waals surface area contributed by atoms with Crippen molar-refractivity contribution < 1.29 is 28.8 Å². The van der Waals surface area contributed by atoms with Gasteiger partial charge in [-0.2, -0.15) is 0 Å². The second-order valence-electron chi connectivity index (χ2n) is 11.2. The van der Waals surface area contributed by atoms with Crippen LogP contribution in [-0.4, -0.2) is 89.0 Å². The third-order valence-electron chi connectivity index (χ3n) is 8.00. The maximum absolute atomic E-state index is 9.22. The second kappa shape index (κ2) is 18.2. The van der Waals surface area contributed by atoms with Crippen LogP contribution in [0.1, 0.15) is 50.2 Å². The van der Waals surface area contributed by atoms with Crippen LogP contribution in [0.3, 0.4) is 0 Å². The molecule has 1 heterocycles. The van der Waals surface area contributed by atoms with Crippen molar-refractivity contribution in [2.24, 2.45) is 11.7 Å². The first-order chi connectivity index (χ1) is 20.0. The topological polar surface area (TPSA) is 95.6 Å². The van der Waals surface area contributed by atoms with Gasteiger partial charge >= 0.3 is 0 Å². The Morgan fingerprint density at radius 2 is 1.61 bits per heavy atom. The van der Waals surface area contributed by atoms with Gasteiger partial charge in [-0.1, -0.05) is 38.0 Å². The van der Waals surface area contributed by atoms with Gasteiger partial charge in [0.15, 0.2) is 11.5 Å². The molecule has 4 rings (SSSR count). The number of hydrogen-bond donors (Lipinski definition) is 2. The highest BCUT2D eigenvalue weighted by molar-refractivity contribution is 5.42. The van der Waals surface area contributed by atoms with E-state index in [9.17, 15) is 5.11 Å². The third kappa shape index (κ3) is 11.1. The lowest BCUT2D eigenvalue weighted by Crippen LogP contribution is -2.45. The summed E-state index contributed by atoms with van der Waals surface area (Å²) in [6.07, 6.45) is 8.12. The molecule has 0 amide bonds. The van der Waals surface area contributed by atoms with Crippen LogP contribution in [0, 0.1) is 5.92 Å². The second-order valence-corrected chi connectivity index (χ2v) is 11.2. The summed E-state index contributed by atoms with van der Waals surface area (Å²) in [7, 11) is 5.04. The molecule has 8 heteroatoms. The fourth-order valence-electron chi connectivity index (χ4n) is 5.56. The highest BCUT2D eigenvalue weighted by atomic mass is 16.5. The molecule has 0 aromatic heterocycles. The van der Waals surface area contributed by atoms with Crippen molar-refractivity contribution in [3.63, 3.8) is 0 Å². The van der Waals surface area contributed by atoms with Crippen LogP contribution in [0.4, 0.5) is 0 Å². The van der Waals surface area contributed by atoms with Gasteiger partial charge in [0, 0.05) is 26.2 Å². The first kappa shape index (κ1) is 33.1. The zero-order valence-corrected chi connectivity index (χ0v) is 25.6. The van der Waals surface area contributed by atoms with Crippen LogP contribution in [0.25, 0.3) is 0 Å². The minimum Gasteiger partial charge on any atom is -0.493 e. The van der Waals surface area contributed by atoms with Crippen molar-refractivity contribution in [3.05, 3.63) is 53.6 Å². The lowest BCUT2D eigenvalue weighted by atomic mass is 9.91. The van der Waals surface area contributed by atoms with Crippen molar-refractivity contribution in [3.8, 4) is 17.2 Å². The number of ether oxygens (including phenoxy) is 5. The molecule has 3 unspecified atom stereocenters. The third-order valence-corrected chi connectivity index (χ3v) is 8.00. The highest BCUT2D eigenvalue weighted by Crippen LogP contribution is 2.31. The number of benzene rings is 2. The number of rotatable bonds is 14. The molecule has 3 N–H and O–H groups in total. The summed E-state index contributed by atoms with van der Waals surface area (Å²) in [5, 5.41) is 9.22. The van der Waals surface area contributed by atoms with Crippen molar-refractivity contribution in [2.75, 3.05) is 60.8 Å². The molecule has 41 heavy (non-hydrogen) atoms. The van der Waals surface area contributed by atoms with E-state index in [4.69, 9.17) is 29.4 Å². The Kier molecular flexibility index (Phi) is 14.7. The zero-order chi connectivity index (χ0) is 29.5. The molecule has 2 aromatic rings. The van der Waals surface area contributed by atoms with E-state index < -0.39 is 6.10 Å². The number of nitrogens with two attached hydrogens (primary N) is 1. The average molecular weight is 573 g/mol. The molecule has 1 saturated heterocycles. The van der Waals surface area contributed by atoms with Gasteiger partial charge in [0.1, 0.15) is 18.5 Å². The van der Waals surface area contributed by atoms with E-state index in [1.807, 2.05) is 30.3 Å². The highest BCUT2D eigenvalue weighted by Gasteiger charge is 2.33. The van der Waals surface area contributed by atoms with E-state index in [0.29, 0.717) is 18.8 Å². The lowest BCUT2D eigenvalue weighted by molar-refractivity contribution is -0.0298. The number of nitrogens with zero attached hydrogens (tertiary/aromatic N) is 1. The van der Waals surface area contributed by atoms with Gasteiger partial charge in [0.2, 0.25) is 0 Å². The van der Waals surface area contributed by atoms with Gasteiger partial charge in [0.25, 0.3) is 0 Å². The number of aliphatic hydroxyl groups excluding tert-OH is 1. The zero-order valence-electron chi connectivity index (χ0n) is 25.6. The Morgan fingerprint density at radius 1 is 0.902 bits per heavy atom. The van der Waals surface area contributed by atoms with Crippen molar-refractivity contribution in [1.29, 1.82) is 0 Å². The predicted octanol–water partition coefficient (Wildman–Crippen LogP) is 4.49. The summed E-state index contributed by atoms with van der Waals surface area (Å²) in [5.74, 6) is 3.16. The van der Waals surface area contributed by atoms with Crippen LogP contribution in [0.2, 0.25) is 0 Å². The quantitative estimate of drug-likeness (QED) is 0.342. The molecule has 1 aliphatic heterocycles. The van der Waals surface area contributed by atoms with Gasteiger partial charge in [-0.05, 0) is 80.0 Å². The maximum Gasteiger partial charge on any atom is 0.160 e. The van der Waals surface area contributed by atoms with Crippen LogP contribution in [0.15, 0.2) is 42.5 Å². The molecule has 2 aliphatic rings. The molecular weight excluding hydrogens is 520 g/mol. The maximum atomic E-state index is 9.22. The minimum absolute atomic E-state index is 0.214. The van der Waals surface area contributed by atoms with Crippen molar-refractivity contribution >= 4 is 0 Å². The van der Waals surface area contributed by atoms with Crippen LogP contribution in [0.5, 0.6) is 17.2 Å². The van der Waals surface area contributed by atoms with Crippen LogP contribution >= 0.6 is 0 Å². The van der Waals surface area contributed by atoms with Crippen LogP contribution < -0.4 is 19.9 Å². The fraction of sp³-hybridized carbons (Fsp3) is 0.636. The molecule has 2 aromatic carbocycles. The molecule has 0 radical (unpaired) electrons. The lowest BCUT2D eigenvalue weighted by Gasteiger charge is -2.38. The van der Waals surface area contributed by atoms with Crippen molar-refractivity contribution in [2.45, 2.75) is 70.1 Å². The summed E-state index contributed by atoms with van der Waals surface area (Å²) < 4.78 is 27.4. The fourth-order valence-corrected chi connectivity index (χ4v) is 5.56. The van der Waals surface area contributed by atoms with Crippen molar-refractivity contribution in [1.82, 2.24) is 4.90 Å². The molecule has 8 nitrogen and oxygen atoms in total. The minimum atomic E-state index is -0.604. The smallest absolute Gasteiger partial charge is 0.160 e. The number of methoxy groups -OCH3 is 3. The van der Waals surface area contributed by atoms with E-state index in [1.165, 1.54) is 56.3 Å². The largest absolute Gasteiger partial charge is 0.493 e. The molecule has 0 bridgehead atoms. The standard InChI is InChI=1S/C21H33NO3.C12H19NO3/c1-16-10-12-22(15-16)18-6-4-5-7-19(18)25-13-11-17-8-9-20(23-2)21(14-17)24-3;1-15-7-6-10-2-4-12(5-3-10)16-9-11(14)8-13/h8-9,14,16,18-19H,4-7,10-13,15H2,1-3H3;2-5,11,14H,6-9,13H2,1H3/t16-,18?,19?;/m1./s1. The molecule has 0 spiro atoms. The molecule has 4 atom stereocenters. The normalized spacial score (nSPS) is 21.6. The monoisotopic (exact) mass is 572 g/mol. The Labute approximate surface area is 247 Å². The Hall–Kier alpha value is -2.36. The van der Waals surface area contributed by atoms with Gasteiger partial charge in [0.05, 0.1) is 33.5 Å². The number of hydrogen-bond acceptors (Lipinski definition) is 8. The Bertz CT molecular complexity index is 988.